The molecule has 1 saturated heterocycles. The molecule has 5 N–H and O–H groups in total. The van der Waals surface area contributed by atoms with Gasteiger partial charge in [-0.3, -0.25) is 9.09 Å². The van der Waals surface area contributed by atoms with Gasteiger partial charge in [0.15, 0.2) is 11.5 Å². The summed E-state index contributed by atoms with van der Waals surface area (Å²) >= 11 is 0. The summed E-state index contributed by atoms with van der Waals surface area (Å²) in [7, 11) is -14.9. The molecule has 1 fully saturated rings. The number of fused-ring (bicyclic) bond motifs is 1. The highest BCUT2D eigenvalue weighted by Gasteiger charge is 2.43. The molecule has 0 saturated carbocycles. The van der Waals surface area contributed by atoms with Gasteiger partial charge >= 0.3 is 23.5 Å². The average Bonchev–Trinajstić information content (AvgIpc) is 3.19. The van der Waals surface area contributed by atoms with Crippen molar-refractivity contribution in [3.8, 4) is 0 Å². The van der Waals surface area contributed by atoms with Gasteiger partial charge in [0.1, 0.15) is 30.3 Å². The number of hydrogen-bond acceptors (Lipinski definition) is 11. The van der Waals surface area contributed by atoms with Crippen molar-refractivity contribution in [1.29, 1.82) is 0 Å². The summed E-state index contributed by atoms with van der Waals surface area (Å²) in [6.07, 6.45) is -1.56. The molecule has 1 aliphatic rings. The zero-order valence-electron chi connectivity index (χ0n) is 15.5. The Kier molecular flexibility index (Phi) is 6.96. The van der Waals surface area contributed by atoms with E-state index in [0.29, 0.717) is 17.0 Å². The lowest BCUT2D eigenvalue weighted by Gasteiger charge is -2.19. The number of hydrogen-bond donors (Lipinski definition) is 5. The molecule has 174 valence electrons. The molecule has 1 aliphatic heterocycles. The van der Waals surface area contributed by atoms with Gasteiger partial charge in [-0.15, -0.1) is 0 Å². The molecule has 16 nitrogen and oxygen atoms in total. The molecular weight excluding hydrogens is 490 g/mol. The molecule has 0 spiro atoms. The zero-order valence-corrected chi connectivity index (χ0v) is 18.1. The van der Waals surface area contributed by atoms with Crippen molar-refractivity contribution in [2.24, 2.45) is 0 Å². The first-order valence-electron chi connectivity index (χ1n) is 8.23. The molecular formula is C11H17FN5O11P3. The summed E-state index contributed by atoms with van der Waals surface area (Å²) in [4.78, 5) is 47.8. The summed E-state index contributed by atoms with van der Waals surface area (Å²) in [5, 5.41) is 2.82. The van der Waals surface area contributed by atoms with Crippen LogP contribution in [0.15, 0.2) is 12.7 Å². The van der Waals surface area contributed by atoms with E-state index < -0.39 is 48.6 Å². The van der Waals surface area contributed by atoms with Crippen molar-refractivity contribution >= 4 is 40.4 Å². The average molecular weight is 507 g/mol. The third-order valence-corrected chi connectivity index (χ3v) is 7.69. The summed E-state index contributed by atoms with van der Waals surface area (Å²) in [5.41, 5.74) is 0.741. The van der Waals surface area contributed by atoms with Gasteiger partial charge in [-0.1, -0.05) is 0 Å². The van der Waals surface area contributed by atoms with E-state index in [-0.39, 0.29) is 6.42 Å². The number of alkyl halides is 1. The van der Waals surface area contributed by atoms with Crippen LogP contribution >= 0.6 is 23.5 Å². The van der Waals surface area contributed by atoms with Gasteiger partial charge in [-0.25, -0.2) is 33.0 Å². The largest absolute Gasteiger partial charge is 0.490 e. The molecule has 5 atom stereocenters. The lowest BCUT2D eigenvalue weighted by molar-refractivity contribution is -0.0317. The molecule has 3 rings (SSSR count). The van der Waals surface area contributed by atoms with E-state index in [1.807, 2.05) is 0 Å². The zero-order chi connectivity index (χ0) is 23.0. The molecule has 0 amide bonds. The first kappa shape index (κ1) is 24.3. The number of nitrogens with one attached hydrogen (secondary N) is 1. The highest BCUT2D eigenvalue weighted by atomic mass is 31.3. The number of nitrogens with zero attached hydrogens (tertiary/aromatic N) is 4. The second-order valence-corrected chi connectivity index (χ2v) is 10.5. The Morgan fingerprint density at radius 3 is 2.55 bits per heavy atom. The summed E-state index contributed by atoms with van der Waals surface area (Å²) in [6, 6.07) is 0. The molecule has 31 heavy (non-hydrogen) atoms. The first-order chi connectivity index (χ1) is 14.3. The molecule has 0 radical (unpaired) electrons. The quantitative estimate of drug-likeness (QED) is 0.296. The van der Waals surface area contributed by atoms with Gasteiger partial charge < -0.3 is 29.6 Å². The Hall–Kier alpha value is -1.35. The topological polar surface area (TPSA) is 225 Å². The van der Waals surface area contributed by atoms with Crippen molar-refractivity contribution in [3.05, 3.63) is 12.7 Å². The number of rotatable bonds is 9. The maximum Gasteiger partial charge on any atom is 0.490 e. The second-order valence-electron chi connectivity index (χ2n) is 6.06. The summed E-state index contributed by atoms with van der Waals surface area (Å²) < 4.78 is 66.6. The van der Waals surface area contributed by atoms with E-state index in [1.54, 1.807) is 7.05 Å². The molecule has 0 aliphatic carbocycles. The van der Waals surface area contributed by atoms with Crippen LogP contribution in [0.1, 0.15) is 12.6 Å². The van der Waals surface area contributed by atoms with Gasteiger partial charge in [0.05, 0.1) is 12.9 Å². The molecule has 20 heteroatoms. The van der Waals surface area contributed by atoms with E-state index in [1.165, 1.54) is 17.2 Å². The van der Waals surface area contributed by atoms with Crippen LogP contribution in [-0.2, 0) is 31.6 Å². The fourth-order valence-electron chi connectivity index (χ4n) is 2.73. The molecule has 2 aromatic rings. The first-order valence-corrected chi connectivity index (χ1v) is 12.8. The smallest absolute Gasteiger partial charge is 0.371 e. The molecule has 0 aromatic carbocycles. The second kappa shape index (κ2) is 8.89. The number of phosphoric acid groups is 3. The SMILES string of the molecule is CNc1ncnc2c1ncn2C1CC(F)C(COP(=O)(O)OP(=O)(O)OP(=O)(O)O)O1. The molecule has 3 heterocycles. The minimum Gasteiger partial charge on any atom is -0.371 e. The van der Waals surface area contributed by atoms with Gasteiger partial charge in [0.25, 0.3) is 0 Å². The van der Waals surface area contributed by atoms with Crippen molar-refractivity contribution in [2.45, 2.75) is 24.9 Å². The predicted octanol–water partition coefficient (Wildman–Crippen LogP) is 0.837. The highest BCUT2D eigenvalue weighted by Crippen LogP contribution is 2.66. The van der Waals surface area contributed by atoms with Crippen LogP contribution in [0.25, 0.3) is 11.2 Å². The Labute approximate surface area is 172 Å². The minimum absolute atomic E-state index is 0.200. The monoisotopic (exact) mass is 507 g/mol. The number of halogens is 1. The summed E-state index contributed by atoms with van der Waals surface area (Å²) in [6.45, 7) is -0.898. The van der Waals surface area contributed by atoms with Gasteiger partial charge in [-0.05, 0) is 0 Å². The fraction of sp³-hybridized carbons (Fsp3) is 0.545. The fourth-order valence-corrected chi connectivity index (χ4v) is 5.76. The van der Waals surface area contributed by atoms with Crippen molar-refractivity contribution in [1.82, 2.24) is 19.5 Å². The summed E-state index contributed by atoms with van der Waals surface area (Å²) in [5.74, 6) is 0.433. The maximum absolute atomic E-state index is 14.4. The number of imidazole rings is 1. The lowest BCUT2D eigenvalue weighted by Crippen LogP contribution is -2.23. The lowest BCUT2D eigenvalue weighted by atomic mass is 10.2. The highest BCUT2D eigenvalue weighted by molar-refractivity contribution is 7.66. The molecule has 5 unspecified atom stereocenters. The standard InChI is InChI=1S/C11H17FN5O11P3/c1-13-10-9-11(15-4-14-10)17(5-16-9)8-2-6(12)7(26-8)3-25-30(21,22)28-31(23,24)27-29(18,19)20/h4-8H,2-3H2,1H3,(H,21,22)(H,23,24)(H,13,14,15)(H2,18,19,20). The number of anilines is 1. The normalized spacial score (nSPS) is 25.9. The van der Waals surface area contributed by atoms with Gasteiger partial charge in [0, 0.05) is 13.5 Å². The Morgan fingerprint density at radius 1 is 1.19 bits per heavy atom. The van der Waals surface area contributed by atoms with Crippen LogP contribution in [0.5, 0.6) is 0 Å². The number of ether oxygens (including phenoxy) is 1. The maximum atomic E-state index is 14.4. The van der Waals surface area contributed by atoms with Crippen LogP contribution in [0.4, 0.5) is 10.2 Å². The Balaban J connectivity index is 1.65. The van der Waals surface area contributed by atoms with Crippen molar-refractivity contribution < 1.29 is 55.5 Å². The van der Waals surface area contributed by atoms with E-state index in [9.17, 15) is 23.0 Å². The number of aromatic nitrogens is 4. The third-order valence-electron chi connectivity index (χ3n) is 3.89. The third kappa shape index (κ3) is 6.12. The van der Waals surface area contributed by atoms with Crippen LogP contribution in [0, 0.1) is 0 Å². The number of phosphoric ester groups is 1. The van der Waals surface area contributed by atoms with Crippen LogP contribution in [0.3, 0.4) is 0 Å². The van der Waals surface area contributed by atoms with Crippen LogP contribution in [0.2, 0.25) is 0 Å². The van der Waals surface area contributed by atoms with E-state index >= 15 is 0 Å². The minimum atomic E-state index is -5.67. The Morgan fingerprint density at radius 2 is 1.90 bits per heavy atom. The van der Waals surface area contributed by atoms with E-state index in [2.05, 4.69) is 33.4 Å². The van der Waals surface area contributed by atoms with Crippen molar-refractivity contribution in [3.63, 3.8) is 0 Å². The van der Waals surface area contributed by atoms with Crippen LogP contribution < -0.4 is 5.32 Å². The Bertz CT molecular complexity index is 1090. The molecule has 0 bridgehead atoms. The van der Waals surface area contributed by atoms with E-state index in [4.69, 9.17) is 19.4 Å². The van der Waals surface area contributed by atoms with Gasteiger partial charge in [-0.2, -0.15) is 8.62 Å². The van der Waals surface area contributed by atoms with Crippen molar-refractivity contribution in [2.75, 3.05) is 19.0 Å². The van der Waals surface area contributed by atoms with Gasteiger partial charge in [0.2, 0.25) is 0 Å². The predicted molar refractivity (Wildman–Crippen MR) is 98.1 cm³/mol. The van der Waals surface area contributed by atoms with E-state index in [0.717, 1.165) is 0 Å². The van der Waals surface area contributed by atoms with Crippen LogP contribution in [-0.4, -0.2) is 65.0 Å². The molecule has 2 aromatic heterocycles.